The summed E-state index contributed by atoms with van der Waals surface area (Å²) in [6.07, 6.45) is 1.90. The molecule has 30 heavy (non-hydrogen) atoms. The van der Waals surface area contributed by atoms with Crippen molar-refractivity contribution in [3.8, 4) is 11.5 Å². The summed E-state index contributed by atoms with van der Waals surface area (Å²) < 4.78 is 11.7. The Balaban J connectivity index is 1.51. The second-order valence-electron chi connectivity index (χ2n) is 7.93. The standard InChI is InChI=1S/C24H24N2O4/c1-14(2)30-22-9-4-15(10-21(22)25-3)13-29-17-6-8-20-19(12-17)18-7-5-16(11-23(27)28)24(18)26-20/h4,6,8-10,12,14,16,26H,5,7,11,13H2,1-2H3,(H,27,28)/t16-/m1/s1. The number of ether oxygens (including phenoxy) is 2. The lowest BCUT2D eigenvalue weighted by Gasteiger charge is -2.13. The van der Waals surface area contributed by atoms with Crippen LogP contribution in [0.4, 0.5) is 5.69 Å². The highest BCUT2D eigenvalue weighted by atomic mass is 16.5. The molecule has 6 heteroatoms. The van der Waals surface area contributed by atoms with Crippen molar-refractivity contribution >= 4 is 22.6 Å². The molecule has 0 spiro atoms. The molecule has 1 heterocycles. The minimum Gasteiger partial charge on any atom is -0.502 e. The van der Waals surface area contributed by atoms with Crippen LogP contribution in [0.15, 0.2) is 36.4 Å². The van der Waals surface area contributed by atoms with Crippen LogP contribution in [-0.4, -0.2) is 22.2 Å². The first-order chi connectivity index (χ1) is 14.4. The number of nitrogens with zero attached hydrogens (tertiary/aromatic N) is 1. The average molecular weight is 404 g/mol. The van der Waals surface area contributed by atoms with Gasteiger partial charge in [-0.25, -0.2) is 4.85 Å². The van der Waals surface area contributed by atoms with Crippen LogP contribution in [-0.2, 0) is 17.8 Å². The van der Waals surface area contributed by atoms with Crippen LogP contribution in [0.25, 0.3) is 15.7 Å². The van der Waals surface area contributed by atoms with Gasteiger partial charge >= 0.3 is 5.97 Å². The minimum absolute atomic E-state index is 0.0116. The van der Waals surface area contributed by atoms with E-state index >= 15 is 0 Å². The molecule has 0 radical (unpaired) electrons. The number of aromatic nitrogens is 1. The summed E-state index contributed by atoms with van der Waals surface area (Å²) in [5.41, 5.74) is 4.64. The SMILES string of the molecule is [C-]#[N+]c1cc(COc2ccc3[nH]c4c(c3c2)CC[C@@H]4CC(=O)O)ccc1OC(C)C. The number of carboxylic acids is 1. The van der Waals surface area contributed by atoms with E-state index in [-0.39, 0.29) is 18.4 Å². The largest absolute Gasteiger partial charge is 0.502 e. The molecular weight excluding hydrogens is 380 g/mol. The highest BCUT2D eigenvalue weighted by Crippen LogP contribution is 2.40. The Morgan fingerprint density at radius 2 is 2.13 bits per heavy atom. The number of rotatable bonds is 7. The molecule has 4 rings (SSSR count). The Labute approximate surface area is 175 Å². The van der Waals surface area contributed by atoms with Crippen molar-refractivity contribution in [2.75, 3.05) is 0 Å². The maximum atomic E-state index is 11.1. The summed E-state index contributed by atoms with van der Waals surface area (Å²) >= 11 is 0. The van der Waals surface area contributed by atoms with Crippen LogP contribution in [0.1, 0.15) is 49.4 Å². The molecule has 1 aliphatic rings. The van der Waals surface area contributed by atoms with Gasteiger partial charge in [-0.15, -0.1) is 0 Å². The van der Waals surface area contributed by atoms with E-state index in [0.29, 0.717) is 18.0 Å². The Kier molecular flexibility index (Phi) is 5.37. The van der Waals surface area contributed by atoms with Crippen LogP contribution in [0.2, 0.25) is 0 Å². The van der Waals surface area contributed by atoms with Crippen molar-refractivity contribution in [3.05, 3.63) is 64.6 Å². The number of aliphatic carboxylic acids is 1. The highest BCUT2D eigenvalue weighted by molar-refractivity contribution is 5.87. The zero-order valence-corrected chi connectivity index (χ0v) is 17.1. The van der Waals surface area contributed by atoms with Gasteiger partial charge in [0.1, 0.15) is 18.1 Å². The summed E-state index contributed by atoms with van der Waals surface area (Å²) in [4.78, 5) is 18.1. The van der Waals surface area contributed by atoms with Gasteiger partial charge in [0.15, 0.2) is 0 Å². The number of aromatic amines is 1. The normalized spacial score (nSPS) is 15.2. The van der Waals surface area contributed by atoms with Gasteiger partial charge in [0.2, 0.25) is 5.69 Å². The molecule has 3 aromatic rings. The van der Waals surface area contributed by atoms with E-state index in [1.807, 2.05) is 44.2 Å². The summed E-state index contributed by atoms with van der Waals surface area (Å²) in [6, 6.07) is 11.4. The molecule has 154 valence electrons. The van der Waals surface area contributed by atoms with E-state index in [2.05, 4.69) is 9.83 Å². The maximum Gasteiger partial charge on any atom is 0.304 e. The number of carbonyl (C=O) groups is 1. The Morgan fingerprint density at radius 1 is 1.30 bits per heavy atom. The molecule has 1 aliphatic carbocycles. The van der Waals surface area contributed by atoms with E-state index < -0.39 is 5.97 Å². The van der Waals surface area contributed by atoms with Gasteiger partial charge in [0, 0.05) is 22.5 Å². The van der Waals surface area contributed by atoms with E-state index in [0.717, 1.165) is 40.8 Å². The molecular formula is C24H24N2O4. The Hall–Kier alpha value is -3.46. The van der Waals surface area contributed by atoms with Gasteiger partial charge in [-0.2, -0.15) is 0 Å². The second-order valence-corrected chi connectivity index (χ2v) is 7.93. The van der Waals surface area contributed by atoms with Gasteiger partial charge in [0.05, 0.1) is 19.1 Å². The van der Waals surface area contributed by atoms with Gasteiger partial charge in [-0.05, 0) is 68.1 Å². The fraction of sp³-hybridized carbons (Fsp3) is 0.333. The third-order valence-electron chi connectivity index (χ3n) is 5.39. The molecule has 0 saturated heterocycles. The fourth-order valence-corrected chi connectivity index (χ4v) is 4.09. The summed E-state index contributed by atoms with van der Waals surface area (Å²) in [7, 11) is 0. The topological polar surface area (TPSA) is 75.9 Å². The second kappa shape index (κ2) is 8.11. The van der Waals surface area contributed by atoms with Crippen molar-refractivity contribution in [2.45, 2.75) is 51.7 Å². The van der Waals surface area contributed by atoms with Crippen LogP contribution in [0.5, 0.6) is 11.5 Å². The number of benzene rings is 2. The van der Waals surface area contributed by atoms with E-state index in [9.17, 15) is 4.79 Å². The Morgan fingerprint density at radius 3 is 2.87 bits per heavy atom. The van der Waals surface area contributed by atoms with Gasteiger partial charge in [-0.3, -0.25) is 4.79 Å². The first-order valence-corrected chi connectivity index (χ1v) is 10.1. The number of aryl methyl sites for hydroxylation is 1. The predicted octanol–water partition coefficient (Wildman–Crippen LogP) is 5.59. The molecule has 6 nitrogen and oxygen atoms in total. The van der Waals surface area contributed by atoms with Crippen LogP contribution < -0.4 is 9.47 Å². The van der Waals surface area contributed by atoms with Crippen LogP contribution in [0, 0.1) is 6.57 Å². The first kappa shape index (κ1) is 19.8. The van der Waals surface area contributed by atoms with Crippen LogP contribution in [0.3, 0.4) is 0 Å². The lowest BCUT2D eigenvalue weighted by atomic mass is 10.0. The number of H-pyrrole nitrogens is 1. The molecule has 2 aromatic carbocycles. The lowest BCUT2D eigenvalue weighted by Crippen LogP contribution is -2.05. The minimum atomic E-state index is -0.765. The smallest absolute Gasteiger partial charge is 0.304 e. The number of nitrogens with one attached hydrogen (secondary N) is 1. The molecule has 1 atom stereocenters. The monoisotopic (exact) mass is 404 g/mol. The van der Waals surface area contributed by atoms with E-state index in [1.165, 1.54) is 5.56 Å². The zero-order chi connectivity index (χ0) is 21.3. The van der Waals surface area contributed by atoms with E-state index in [1.54, 1.807) is 6.07 Å². The van der Waals surface area contributed by atoms with Gasteiger partial charge in [0.25, 0.3) is 0 Å². The predicted molar refractivity (Wildman–Crippen MR) is 114 cm³/mol. The summed E-state index contributed by atoms with van der Waals surface area (Å²) in [5.74, 6) is 0.619. The van der Waals surface area contributed by atoms with Crippen molar-refractivity contribution in [1.29, 1.82) is 0 Å². The van der Waals surface area contributed by atoms with Crippen molar-refractivity contribution in [3.63, 3.8) is 0 Å². The van der Waals surface area contributed by atoms with E-state index in [4.69, 9.17) is 21.2 Å². The van der Waals surface area contributed by atoms with Gasteiger partial charge in [-0.1, -0.05) is 6.07 Å². The molecule has 0 saturated carbocycles. The van der Waals surface area contributed by atoms with Gasteiger partial charge < -0.3 is 19.6 Å². The number of fused-ring (bicyclic) bond motifs is 3. The van der Waals surface area contributed by atoms with Crippen molar-refractivity contribution in [2.24, 2.45) is 0 Å². The fourth-order valence-electron chi connectivity index (χ4n) is 4.09. The molecule has 0 unspecified atom stereocenters. The van der Waals surface area contributed by atoms with Crippen molar-refractivity contribution < 1.29 is 19.4 Å². The molecule has 1 aromatic heterocycles. The molecule has 0 fully saturated rings. The molecule has 0 bridgehead atoms. The number of carboxylic acid groups (broad SMARTS) is 1. The average Bonchev–Trinajstić information content (AvgIpc) is 3.26. The number of hydrogen-bond donors (Lipinski definition) is 2. The third kappa shape index (κ3) is 3.97. The molecule has 0 aliphatic heterocycles. The maximum absolute atomic E-state index is 11.1. The third-order valence-corrected chi connectivity index (χ3v) is 5.39. The summed E-state index contributed by atoms with van der Waals surface area (Å²) in [6.45, 7) is 11.6. The highest BCUT2D eigenvalue weighted by Gasteiger charge is 2.28. The van der Waals surface area contributed by atoms with Crippen LogP contribution >= 0.6 is 0 Å². The summed E-state index contributed by atoms with van der Waals surface area (Å²) in [5, 5.41) is 10.2. The molecule has 0 amide bonds. The molecule has 2 N–H and O–H groups in total. The number of hydrogen-bond acceptors (Lipinski definition) is 3. The first-order valence-electron chi connectivity index (χ1n) is 10.1. The lowest BCUT2D eigenvalue weighted by molar-refractivity contribution is -0.137. The van der Waals surface area contributed by atoms with Crippen molar-refractivity contribution in [1.82, 2.24) is 4.98 Å². The quantitative estimate of drug-likeness (QED) is 0.503. The zero-order valence-electron chi connectivity index (χ0n) is 17.1. The Bertz CT molecular complexity index is 1140.